The summed E-state index contributed by atoms with van der Waals surface area (Å²) in [6, 6.07) is 0. The molecule has 0 aliphatic carbocycles. The van der Waals surface area contributed by atoms with Gasteiger partial charge in [-0.05, 0) is 14.1 Å². The molecule has 0 bridgehead atoms. The van der Waals surface area contributed by atoms with Crippen molar-refractivity contribution in [3.05, 3.63) is 12.8 Å². The summed E-state index contributed by atoms with van der Waals surface area (Å²) in [7, 11) is 3.97. The average molecular weight is 115 g/mol. The SMILES string of the molecule is C=CNNCN(C)C. The first kappa shape index (κ1) is 7.46. The van der Waals surface area contributed by atoms with E-state index in [-0.39, 0.29) is 0 Å². The van der Waals surface area contributed by atoms with E-state index in [2.05, 4.69) is 17.4 Å². The summed E-state index contributed by atoms with van der Waals surface area (Å²) >= 11 is 0. The van der Waals surface area contributed by atoms with E-state index in [4.69, 9.17) is 0 Å². The predicted octanol–water partition coefficient (Wildman–Crippen LogP) is -0.257. The molecule has 3 nitrogen and oxygen atoms in total. The minimum absolute atomic E-state index is 0.812. The zero-order valence-corrected chi connectivity index (χ0v) is 5.44. The lowest BCUT2D eigenvalue weighted by Gasteiger charge is -2.09. The number of hydrazine groups is 1. The third-order valence-electron chi connectivity index (χ3n) is 0.599. The summed E-state index contributed by atoms with van der Waals surface area (Å²) in [4.78, 5) is 2.01. The first-order chi connectivity index (χ1) is 3.77. The third kappa shape index (κ3) is 5.46. The monoisotopic (exact) mass is 115 g/mol. The van der Waals surface area contributed by atoms with Crippen molar-refractivity contribution in [3.8, 4) is 0 Å². The van der Waals surface area contributed by atoms with Crippen molar-refractivity contribution >= 4 is 0 Å². The van der Waals surface area contributed by atoms with E-state index >= 15 is 0 Å². The van der Waals surface area contributed by atoms with Gasteiger partial charge in [-0.25, -0.2) is 5.43 Å². The lowest BCUT2D eigenvalue weighted by atomic mass is 10.9. The average Bonchev–Trinajstić information content (AvgIpc) is 1.66. The molecule has 0 atom stereocenters. The van der Waals surface area contributed by atoms with Gasteiger partial charge in [0.2, 0.25) is 0 Å². The fraction of sp³-hybridized carbons (Fsp3) is 0.600. The zero-order valence-electron chi connectivity index (χ0n) is 5.44. The molecule has 0 amide bonds. The van der Waals surface area contributed by atoms with Crippen LogP contribution in [-0.4, -0.2) is 25.7 Å². The quantitative estimate of drug-likeness (QED) is 0.300. The van der Waals surface area contributed by atoms with Gasteiger partial charge in [-0.1, -0.05) is 6.58 Å². The summed E-state index contributed by atoms with van der Waals surface area (Å²) in [6.07, 6.45) is 1.60. The minimum Gasteiger partial charge on any atom is -0.328 e. The highest BCUT2D eigenvalue weighted by atomic mass is 15.4. The summed E-state index contributed by atoms with van der Waals surface area (Å²) in [5, 5.41) is 0. The van der Waals surface area contributed by atoms with Crippen molar-refractivity contribution in [1.29, 1.82) is 0 Å². The van der Waals surface area contributed by atoms with Crippen LogP contribution in [0.1, 0.15) is 0 Å². The Labute approximate surface area is 50.3 Å². The standard InChI is InChI=1S/C5H13N3/c1-4-6-7-5-8(2)3/h4,6-7H,1,5H2,2-3H3. The molecule has 0 saturated carbocycles. The summed E-state index contributed by atoms with van der Waals surface area (Å²) in [5.41, 5.74) is 5.64. The van der Waals surface area contributed by atoms with Crippen LogP contribution in [0.4, 0.5) is 0 Å². The lowest BCUT2D eigenvalue weighted by Crippen LogP contribution is -2.35. The number of hydrogen-bond acceptors (Lipinski definition) is 3. The van der Waals surface area contributed by atoms with Gasteiger partial charge in [-0.3, -0.25) is 4.90 Å². The van der Waals surface area contributed by atoms with Crippen LogP contribution in [0.3, 0.4) is 0 Å². The van der Waals surface area contributed by atoms with Crippen molar-refractivity contribution in [1.82, 2.24) is 15.8 Å². The fourth-order valence-electron chi connectivity index (χ4n) is 0.276. The molecule has 3 heteroatoms. The Morgan fingerprint density at radius 3 is 2.62 bits per heavy atom. The van der Waals surface area contributed by atoms with E-state index in [0.29, 0.717) is 0 Å². The Hall–Kier alpha value is -0.540. The van der Waals surface area contributed by atoms with Crippen LogP contribution in [0, 0.1) is 0 Å². The van der Waals surface area contributed by atoms with Crippen molar-refractivity contribution in [2.45, 2.75) is 0 Å². The van der Waals surface area contributed by atoms with Gasteiger partial charge < -0.3 is 5.43 Å². The Kier molecular flexibility index (Phi) is 4.30. The maximum atomic E-state index is 3.47. The molecule has 0 aromatic rings. The maximum Gasteiger partial charge on any atom is 0.0658 e. The lowest BCUT2D eigenvalue weighted by molar-refractivity contribution is 0.353. The van der Waals surface area contributed by atoms with Gasteiger partial charge in [0, 0.05) is 6.20 Å². The van der Waals surface area contributed by atoms with Crippen LogP contribution in [0.15, 0.2) is 12.8 Å². The molecule has 8 heavy (non-hydrogen) atoms. The van der Waals surface area contributed by atoms with Crippen molar-refractivity contribution in [3.63, 3.8) is 0 Å². The van der Waals surface area contributed by atoms with E-state index in [1.165, 1.54) is 0 Å². The predicted molar refractivity (Wildman–Crippen MR) is 35.0 cm³/mol. The number of nitrogens with one attached hydrogen (secondary N) is 2. The smallest absolute Gasteiger partial charge is 0.0658 e. The highest BCUT2D eigenvalue weighted by molar-refractivity contribution is 4.57. The van der Waals surface area contributed by atoms with E-state index in [9.17, 15) is 0 Å². The second-order valence-corrected chi connectivity index (χ2v) is 1.76. The molecule has 0 aliphatic rings. The Morgan fingerprint density at radius 1 is 1.62 bits per heavy atom. The molecule has 0 fully saturated rings. The Balaban J connectivity index is 2.81. The summed E-state index contributed by atoms with van der Waals surface area (Å²) in [5.74, 6) is 0. The molecule has 0 aromatic carbocycles. The van der Waals surface area contributed by atoms with Crippen LogP contribution >= 0.6 is 0 Å². The molecule has 2 N–H and O–H groups in total. The van der Waals surface area contributed by atoms with Crippen LogP contribution < -0.4 is 10.9 Å². The molecule has 0 radical (unpaired) electrons. The molecule has 0 spiro atoms. The largest absolute Gasteiger partial charge is 0.328 e. The molecule has 0 heterocycles. The van der Waals surface area contributed by atoms with Gasteiger partial charge in [0.05, 0.1) is 6.67 Å². The third-order valence-corrected chi connectivity index (χ3v) is 0.599. The van der Waals surface area contributed by atoms with E-state index in [1.807, 2.05) is 19.0 Å². The first-order valence-corrected chi connectivity index (χ1v) is 2.51. The molecule has 0 aliphatic heterocycles. The van der Waals surface area contributed by atoms with Gasteiger partial charge in [-0.15, -0.1) is 0 Å². The molecular formula is C5H13N3. The molecule has 48 valence electrons. The van der Waals surface area contributed by atoms with Gasteiger partial charge in [-0.2, -0.15) is 0 Å². The molecule has 0 aromatic heterocycles. The van der Waals surface area contributed by atoms with Gasteiger partial charge in [0.1, 0.15) is 0 Å². The fourth-order valence-corrected chi connectivity index (χ4v) is 0.276. The highest BCUT2D eigenvalue weighted by Crippen LogP contribution is 1.62. The number of hydrogen-bond donors (Lipinski definition) is 2. The summed E-state index contributed by atoms with van der Waals surface area (Å²) in [6.45, 7) is 4.28. The molecule has 0 unspecified atom stereocenters. The van der Waals surface area contributed by atoms with E-state index in [1.54, 1.807) is 6.20 Å². The normalized spacial score (nSPS) is 9.38. The summed E-state index contributed by atoms with van der Waals surface area (Å²) < 4.78 is 0. The Morgan fingerprint density at radius 2 is 2.25 bits per heavy atom. The topological polar surface area (TPSA) is 27.3 Å². The van der Waals surface area contributed by atoms with Crippen LogP contribution in [0.2, 0.25) is 0 Å². The van der Waals surface area contributed by atoms with Crippen molar-refractivity contribution < 1.29 is 0 Å². The van der Waals surface area contributed by atoms with Gasteiger partial charge in [0.15, 0.2) is 0 Å². The molecular weight excluding hydrogens is 102 g/mol. The van der Waals surface area contributed by atoms with Crippen LogP contribution in [-0.2, 0) is 0 Å². The van der Waals surface area contributed by atoms with Gasteiger partial charge in [0.25, 0.3) is 0 Å². The number of nitrogens with zero attached hydrogens (tertiary/aromatic N) is 1. The Bertz CT molecular complexity index is 60.7. The maximum absolute atomic E-state index is 3.47. The second kappa shape index (κ2) is 4.61. The van der Waals surface area contributed by atoms with Crippen LogP contribution in [0.5, 0.6) is 0 Å². The van der Waals surface area contributed by atoms with Crippen LogP contribution in [0.25, 0.3) is 0 Å². The van der Waals surface area contributed by atoms with E-state index in [0.717, 1.165) is 6.67 Å². The second-order valence-electron chi connectivity index (χ2n) is 1.76. The first-order valence-electron chi connectivity index (χ1n) is 2.51. The van der Waals surface area contributed by atoms with E-state index < -0.39 is 0 Å². The molecule has 0 rings (SSSR count). The highest BCUT2D eigenvalue weighted by Gasteiger charge is 1.81. The minimum atomic E-state index is 0.812. The zero-order chi connectivity index (χ0) is 6.41. The van der Waals surface area contributed by atoms with Crippen molar-refractivity contribution in [2.24, 2.45) is 0 Å². The number of rotatable bonds is 4. The van der Waals surface area contributed by atoms with Gasteiger partial charge >= 0.3 is 0 Å². The van der Waals surface area contributed by atoms with Crippen molar-refractivity contribution in [2.75, 3.05) is 20.8 Å². The molecule has 0 saturated heterocycles.